The molecule has 2 aliphatic rings. The lowest BCUT2D eigenvalue weighted by Crippen LogP contribution is -2.34. The second-order valence-corrected chi connectivity index (χ2v) is 6.73. The van der Waals surface area contributed by atoms with E-state index in [-0.39, 0.29) is 11.6 Å². The zero-order valence-corrected chi connectivity index (χ0v) is 12.5. The van der Waals surface area contributed by atoms with Crippen molar-refractivity contribution in [3.63, 3.8) is 0 Å². The Labute approximate surface area is 121 Å². The van der Waals surface area contributed by atoms with E-state index in [4.69, 9.17) is 4.74 Å². The van der Waals surface area contributed by atoms with Gasteiger partial charge in [0.05, 0.1) is 6.10 Å². The largest absolute Gasteiger partial charge is 0.487 e. The van der Waals surface area contributed by atoms with Gasteiger partial charge in [-0.2, -0.15) is 0 Å². The predicted octanol–water partition coefficient (Wildman–Crippen LogP) is 2.97. The minimum Gasteiger partial charge on any atom is -0.487 e. The molecule has 3 heteroatoms. The van der Waals surface area contributed by atoms with Crippen LogP contribution in [-0.2, 0) is 6.42 Å². The SMILES string of the molecule is CC1(C)Cc2cccc(C(O)C3CCCCCN3)c2O1. The van der Waals surface area contributed by atoms with Crippen LogP contribution in [0.15, 0.2) is 18.2 Å². The van der Waals surface area contributed by atoms with Crippen molar-refractivity contribution in [2.45, 2.75) is 63.7 Å². The number of rotatable bonds is 2. The van der Waals surface area contributed by atoms with Crippen LogP contribution in [0, 0.1) is 0 Å². The summed E-state index contributed by atoms with van der Waals surface area (Å²) in [6.07, 6.45) is 5.13. The van der Waals surface area contributed by atoms with Crippen LogP contribution in [0.2, 0.25) is 0 Å². The normalized spacial score (nSPS) is 26.4. The Hall–Kier alpha value is -1.06. The van der Waals surface area contributed by atoms with Crippen LogP contribution >= 0.6 is 0 Å². The number of ether oxygens (including phenoxy) is 1. The first-order valence-corrected chi connectivity index (χ1v) is 7.79. The Morgan fingerprint density at radius 3 is 3.00 bits per heavy atom. The van der Waals surface area contributed by atoms with Gasteiger partial charge in [0, 0.05) is 18.0 Å². The van der Waals surface area contributed by atoms with E-state index in [9.17, 15) is 5.11 Å². The Kier molecular flexibility index (Phi) is 3.74. The van der Waals surface area contributed by atoms with Crippen LogP contribution < -0.4 is 10.1 Å². The number of aliphatic hydroxyl groups excluding tert-OH is 1. The zero-order chi connectivity index (χ0) is 14.2. The molecule has 3 rings (SSSR count). The molecule has 2 aliphatic heterocycles. The van der Waals surface area contributed by atoms with Crippen LogP contribution in [0.25, 0.3) is 0 Å². The van der Waals surface area contributed by atoms with Crippen LogP contribution in [0.1, 0.15) is 56.8 Å². The minimum atomic E-state index is -0.475. The first kappa shape index (κ1) is 13.9. The zero-order valence-electron chi connectivity index (χ0n) is 12.5. The molecule has 2 N–H and O–H groups in total. The van der Waals surface area contributed by atoms with E-state index in [0.717, 1.165) is 30.7 Å². The second-order valence-electron chi connectivity index (χ2n) is 6.73. The molecule has 0 spiro atoms. The molecule has 1 fully saturated rings. The number of benzene rings is 1. The Morgan fingerprint density at radius 1 is 1.30 bits per heavy atom. The van der Waals surface area contributed by atoms with Gasteiger partial charge in [0.25, 0.3) is 0 Å². The van der Waals surface area contributed by atoms with Crippen LogP contribution in [0.4, 0.5) is 0 Å². The van der Waals surface area contributed by atoms with E-state index < -0.39 is 6.10 Å². The molecule has 2 unspecified atom stereocenters. The molecule has 0 aromatic heterocycles. The average molecular weight is 275 g/mol. The molecule has 0 radical (unpaired) electrons. The first-order chi connectivity index (χ1) is 9.57. The summed E-state index contributed by atoms with van der Waals surface area (Å²) in [6.45, 7) is 5.21. The standard InChI is InChI=1S/C17H25NO2/c1-17(2)11-12-7-6-8-13(16(12)20-17)15(19)14-9-4-3-5-10-18-14/h6-8,14-15,18-19H,3-5,9-11H2,1-2H3. The Balaban J connectivity index is 1.86. The van der Waals surface area contributed by atoms with E-state index in [0.29, 0.717) is 0 Å². The maximum Gasteiger partial charge on any atom is 0.129 e. The highest BCUT2D eigenvalue weighted by Gasteiger charge is 2.34. The monoisotopic (exact) mass is 275 g/mol. The summed E-state index contributed by atoms with van der Waals surface area (Å²) in [5.41, 5.74) is 2.02. The maximum absolute atomic E-state index is 10.8. The molecule has 1 aromatic carbocycles. The van der Waals surface area contributed by atoms with Crippen molar-refractivity contribution in [2.75, 3.05) is 6.54 Å². The summed E-state index contributed by atoms with van der Waals surface area (Å²) in [5.74, 6) is 0.913. The third-order valence-electron chi connectivity index (χ3n) is 4.42. The van der Waals surface area contributed by atoms with Gasteiger partial charge in [0.15, 0.2) is 0 Å². The van der Waals surface area contributed by atoms with Crippen molar-refractivity contribution >= 4 is 0 Å². The van der Waals surface area contributed by atoms with Gasteiger partial charge in [0.1, 0.15) is 11.4 Å². The molecule has 3 nitrogen and oxygen atoms in total. The van der Waals surface area contributed by atoms with Gasteiger partial charge >= 0.3 is 0 Å². The summed E-state index contributed by atoms with van der Waals surface area (Å²) in [5, 5.41) is 14.2. The maximum atomic E-state index is 10.8. The number of nitrogens with one attached hydrogen (secondary N) is 1. The van der Waals surface area contributed by atoms with E-state index in [1.165, 1.54) is 24.8 Å². The number of aliphatic hydroxyl groups is 1. The summed E-state index contributed by atoms with van der Waals surface area (Å²) in [6, 6.07) is 6.31. The molecule has 2 heterocycles. The smallest absolute Gasteiger partial charge is 0.129 e. The minimum absolute atomic E-state index is 0.149. The molecule has 0 bridgehead atoms. The summed E-state index contributed by atoms with van der Waals surface area (Å²) >= 11 is 0. The number of fused-ring (bicyclic) bond motifs is 1. The van der Waals surface area contributed by atoms with Crippen molar-refractivity contribution in [3.8, 4) is 5.75 Å². The molecular formula is C17H25NO2. The van der Waals surface area contributed by atoms with Gasteiger partial charge in [-0.3, -0.25) is 0 Å². The summed E-state index contributed by atoms with van der Waals surface area (Å²) < 4.78 is 6.08. The molecule has 110 valence electrons. The van der Waals surface area contributed by atoms with Gasteiger partial charge in [-0.1, -0.05) is 31.0 Å². The van der Waals surface area contributed by atoms with Crippen LogP contribution in [0.3, 0.4) is 0 Å². The second kappa shape index (κ2) is 5.38. The van der Waals surface area contributed by atoms with Crippen molar-refractivity contribution in [3.05, 3.63) is 29.3 Å². The van der Waals surface area contributed by atoms with Gasteiger partial charge < -0.3 is 15.2 Å². The third-order valence-corrected chi connectivity index (χ3v) is 4.42. The first-order valence-electron chi connectivity index (χ1n) is 7.79. The molecule has 1 aromatic rings. The van der Waals surface area contributed by atoms with Crippen molar-refractivity contribution < 1.29 is 9.84 Å². The highest BCUT2D eigenvalue weighted by molar-refractivity contribution is 5.47. The summed E-state index contributed by atoms with van der Waals surface area (Å²) in [7, 11) is 0. The highest BCUT2D eigenvalue weighted by atomic mass is 16.5. The fourth-order valence-corrected chi connectivity index (χ4v) is 3.41. The lowest BCUT2D eigenvalue weighted by Gasteiger charge is -2.25. The number of hydrogen-bond acceptors (Lipinski definition) is 3. The topological polar surface area (TPSA) is 41.5 Å². The van der Waals surface area contributed by atoms with E-state index in [2.05, 4.69) is 25.2 Å². The van der Waals surface area contributed by atoms with Gasteiger partial charge in [-0.15, -0.1) is 0 Å². The molecule has 0 aliphatic carbocycles. The lowest BCUT2D eigenvalue weighted by atomic mass is 9.95. The van der Waals surface area contributed by atoms with E-state index in [1.807, 2.05) is 12.1 Å². The lowest BCUT2D eigenvalue weighted by molar-refractivity contribution is 0.107. The molecule has 2 atom stereocenters. The van der Waals surface area contributed by atoms with Crippen molar-refractivity contribution in [1.82, 2.24) is 5.32 Å². The average Bonchev–Trinajstić information content (AvgIpc) is 2.60. The number of para-hydroxylation sites is 1. The van der Waals surface area contributed by atoms with Crippen LogP contribution in [0.5, 0.6) is 5.75 Å². The highest BCUT2D eigenvalue weighted by Crippen LogP contribution is 2.41. The van der Waals surface area contributed by atoms with Crippen molar-refractivity contribution in [1.29, 1.82) is 0 Å². The summed E-state index contributed by atoms with van der Waals surface area (Å²) in [4.78, 5) is 0. The fraction of sp³-hybridized carbons (Fsp3) is 0.647. The predicted molar refractivity (Wildman–Crippen MR) is 80.1 cm³/mol. The Morgan fingerprint density at radius 2 is 2.15 bits per heavy atom. The molecule has 0 amide bonds. The van der Waals surface area contributed by atoms with E-state index in [1.54, 1.807) is 0 Å². The third kappa shape index (κ3) is 2.70. The quantitative estimate of drug-likeness (QED) is 0.872. The van der Waals surface area contributed by atoms with Crippen molar-refractivity contribution in [2.24, 2.45) is 0 Å². The molecule has 20 heavy (non-hydrogen) atoms. The van der Waals surface area contributed by atoms with Gasteiger partial charge in [0.2, 0.25) is 0 Å². The van der Waals surface area contributed by atoms with Crippen LogP contribution in [-0.4, -0.2) is 23.3 Å². The fourth-order valence-electron chi connectivity index (χ4n) is 3.41. The molecule has 0 saturated carbocycles. The van der Waals surface area contributed by atoms with Gasteiger partial charge in [-0.05, 0) is 38.8 Å². The number of hydrogen-bond donors (Lipinski definition) is 2. The van der Waals surface area contributed by atoms with E-state index >= 15 is 0 Å². The Bertz CT molecular complexity index is 476. The molecule has 1 saturated heterocycles. The molecular weight excluding hydrogens is 250 g/mol. The van der Waals surface area contributed by atoms with Gasteiger partial charge in [-0.25, -0.2) is 0 Å².